The van der Waals surface area contributed by atoms with Crippen molar-refractivity contribution in [2.45, 2.75) is 58.5 Å². The number of nitrogens with one attached hydrogen (secondary N) is 1. The van der Waals surface area contributed by atoms with E-state index in [4.69, 9.17) is 0 Å². The zero-order valence-electron chi connectivity index (χ0n) is 12.3. The van der Waals surface area contributed by atoms with Crippen molar-refractivity contribution in [2.24, 2.45) is 11.8 Å². The SMILES string of the molecule is CCC(NC1CCCC(C)C1C)c1ccc(Br)cc1. The second kappa shape index (κ2) is 6.90. The molecule has 2 heteroatoms. The molecule has 106 valence electrons. The maximum Gasteiger partial charge on any atom is 0.0320 e. The summed E-state index contributed by atoms with van der Waals surface area (Å²) in [6.45, 7) is 7.09. The summed E-state index contributed by atoms with van der Waals surface area (Å²) < 4.78 is 1.16. The Labute approximate surface area is 126 Å². The Morgan fingerprint density at radius 3 is 2.53 bits per heavy atom. The molecule has 1 fully saturated rings. The van der Waals surface area contributed by atoms with E-state index in [0.717, 1.165) is 22.7 Å². The van der Waals surface area contributed by atoms with Crippen molar-refractivity contribution < 1.29 is 0 Å². The molecule has 1 nitrogen and oxygen atoms in total. The van der Waals surface area contributed by atoms with E-state index < -0.39 is 0 Å². The van der Waals surface area contributed by atoms with Crippen molar-refractivity contribution in [3.8, 4) is 0 Å². The van der Waals surface area contributed by atoms with E-state index in [1.807, 2.05) is 0 Å². The first-order valence-corrected chi connectivity index (χ1v) is 8.42. The molecule has 0 saturated heterocycles. The molecule has 1 saturated carbocycles. The standard InChI is InChI=1S/C17H26BrN/c1-4-16(14-8-10-15(18)11-9-14)19-17-7-5-6-12(2)13(17)3/h8-13,16-17,19H,4-7H2,1-3H3. The quantitative estimate of drug-likeness (QED) is 0.791. The van der Waals surface area contributed by atoms with Gasteiger partial charge in [-0.2, -0.15) is 0 Å². The Bertz CT molecular complexity index is 387. The van der Waals surface area contributed by atoms with Gasteiger partial charge in [0.1, 0.15) is 0 Å². The molecule has 1 aromatic rings. The molecule has 0 spiro atoms. The topological polar surface area (TPSA) is 12.0 Å². The van der Waals surface area contributed by atoms with Gasteiger partial charge in [0.05, 0.1) is 0 Å². The van der Waals surface area contributed by atoms with Crippen LogP contribution < -0.4 is 5.32 Å². The summed E-state index contributed by atoms with van der Waals surface area (Å²) in [6.07, 6.45) is 5.26. The lowest BCUT2D eigenvalue weighted by atomic mass is 9.77. The summed E-state index contributed by atoms with van der Waals surface area (Å²) in [7, 11) is 0. The summed E-state index contributed by atoms with van der Waals surface area (Å²) in [4.78, 5) is 0. The first-order valence-electron chi connectivity index (χ1n) is 7.63. The second-order valence-electron chi connectivity index (χ2n) is 6.05. The second-order valence-corrected chi connectivity index (χ2v) is 6.97. The molecule has 4 atom stereocenters. The van der Waals surface area contributed by atoms with Gasteiger partial charge in [0.25, 0.3) is 0 Å². The van der Waals surface area contributed by atoms with Crippen LogP contribution >= 0.6 is 15.9 Å². The molecule has 0 amide bonds. The van der Waals surface area contributed by atoms with Gasteiger partial charge in [-0.3, -0.25) is 0 Å². The van der Waals surface area contributed by atoms with Gasteiger partial charge in [-0.1, -0.05) is 61.7 Å². The fourth-order valence-corrected chi connectivity index (χ4v) is 3.48. The maximum atomic E-state index is 3.91. The average molecular weight is 324 g/mol. The average Bonchev–Trinajstić information content (AvgIpc) is 2.42. The van der Waals surface area contributed by atoms with E-state index in [1.165, 1.54) is 24.8 Å². The summed E-state index contributed by atoms with van der Waals surface area (Å²) in [5, 5.41) is 3.91. The minimum Gasteiger partial charge on any atom is -0.307 e. The van der Waals surface area contributed by atoms with Crippen LogP contribution in [0.5, 0.6) is 0 Å². The van der Waals surface area contributed by atoms with Gasteiger partial charge in [0.2, 0.25) is 0 Å². The lowest BCUT2D eigenvalue weighted by molar-refractivity contribution is 0.192. The van der Waals surface area contributed by atoms with Crippen LogP contribution in [0.3, 0.4) is 0 Å². The number of halogens is 1. The van der Waals surface area contributed by atoms with Crippen molar-refractivity contribution in [3.05, 3.63) is 34.3 Å². The molecule has 4 unspecified atom stereocenters. The maximum absolute atomic E-state index is 3.91. The van der Waals surface area contributed by atoms with Crippen LogP contribution in [0.2, 0.25) is 0 Å². The van der Waals surface area contributed by atoms with Crippen molar-refractivity contribution in [1.82, 2.24) is 5.32 Å². The predicted octanol–water partition coefficient (Wildman–Crippen LogP) is 5.31. The van der Waals surface area contributed by atoms with Crippen molar-refractivity contribution in [2.75, 3.05) is 0 Å². The minimum absolute atomic E-state index is 0.492. The van der Waals surface area contributed by atoms with Gasteiger partial charge in [-0.05, 0) is 42.4 Å². The van der Waals surface area contributed by atoms with Crippen LogP contribution in [0.1, 0.15) is 58.1 Å². The van der Waals surface area contributed by atoms with Gasteiger partial charge in [-0.15, -0.1) is 0 Å². The van der Waals surface area contributed by atoms with Crippen LogP contribution in [0.4, 0.5) is 0 Å². The molecule has 1 aliphatic carbocycles. The van der Waals surface area contributed by atoms with E-state index in [-0.39, 0.29) is 0 Å². The van der Waals surface area contributed by atoms with Crippen molar-refractivity contribution >= 4 is 15.9 Å². The third-order valence-electron chi connectivity index (χ3n) is 4.80. The number of hydrogen-bond acceptors (Lipinski definition) is 1. The first-order chi connectivity index (χ1) is 9.11. The number of benzene rings is 1. The minimum atomic E-state index is 0.492. The molecular formula is C17H26BrN. The van der Waals surface area contributed by atoms with Crippen LogP contribution in [0.25, 0.3) is 0 Å². The monoisotopic (exact) mass is 323 g/mol. The molecule has 0 heterocycles. The lowest BCUT2D eigenvalue weighted by Crippen LogP contribution is -2.42. The summed E-state index contributed by atoms with van der Waals surface area (Å²) in [5.74, 6) is 1.65. The van der Waals surface area contributed by atoms with E-state index in [0.29, 0.717) is 12.1 Å². The van der Waals surface area contributed by atoms with E-state index in [9.17, 15) is 0 Å². The zero-order valence-corrected chi connectivity index (χ0v) is 13.9. The van der Waals surface area contributed by atoms with Crippen LogP contribution in [-0.2, 0) is 0 Å². The van der Waals surface area contributed by atoms with Crippen LogP contribution in [0, 0.1) is 11.8 Å². The highest BCUT2D eigenvalue weighted by Gasteiger charge is 2.28. The Morgan fingerprint density at radius 1 is 1.21 bits per heavy atom. The van der Waals surface area contributed by atoms with E-state index >= 15 is 0 Å². The predicted molar refractivity (Wildman–Crippen MR) is 86.3 cm³/mol. The zero-order chi connectivity index (χ0) is 13.8. The smallest absolute Gasteiger partial charge is 0.0320 e. The fraction of sp³-hybridized carbons (Fsp3) is 0.647. The normalized spacial score (nSPS) is 29.2. The van der Waals surface area contributed by atoms with Crippen LogP contribution in [0.15, 0.2) is 28.7 Å². The van der Waals surface area contributed by atoms with Gasteiger partial charge in [0, 0.05) is 16.6 Å². The molecule has 0 aromatic heterocycles. The highest BCUT2D eigenvalue weighted by molar-refractivity contribution is 9.10. The Morgan fingerprint density at radius 2 is 1.89 bits per heavy atom. The van der Waals surface area contributed by atoms with Gasteiger partial charge in [0.15, 0.2) is 0 Å². The molecule has 1 N–H and O–H groups in total. The summed E-state index contributed by atoms with van der Waals surface area (Å²) >= 11 is 3.51. The molecule has 0 aliphatic heterocycles. The Kier molecular flexibility index (Phi) is 5.47. The molecule has 0 bridgehead atoms. The lowest BCUT2D eigenvalue weighted by Gasteiger charge is -2.37. The largest absolute Gasteiger partial charge is 0.307 e. The summed E-state index contributed by atoms with van der Waals surface area (Å²) in [5.41, 5.74) is 1.41. The Balaban J connectivity index is 2.04. The van der Waals surface area contributed by atoms with E-state index in [2.05, 4.69) is 66.3 Å². The summed E-state index contributed by atoms with van der Waals surface area (Å²) in [6, 6.07) is 9.94. The molecule has 19 heavy (non-hydrogen) atoms. The van der Waals surface area contributed by atoms with Crippen molar-refractivity contribution in [1.29, 1.82) is 0 Å². The number of hydrogen-bond donors (Lipinski definition) is 1. The van der Waals surface area contributed by atoms with Crippen molar-refractivity contribution in [3.63, 3.8) is 0 Å². The fourth-order valence-electron chi connectivity index (χ4n) is 3.22. The first kappa shape index (κ1) is 15.1. The molecule has 1 aromatic carbocycles. The highest BCUT2D eigenvalue weighted by atomic mass is 79.9. The molecule has 2 rings (SSSR count). The van der Waals surface area contributed by atoms with Crippen LogP contribution in [-0.4, -0.2) is 6.04 Å². The van der Waals surface area contributed by atoms with E-state index in [1.54, 1.807) is 0 Å². The van der Waals surface area contributed by atoms with Gasteiger partial charge < -0.3 is 5.32 Å². The number of rotatable bonds is 4. The van der Waals surface area contributed by atoms with Gasteiger partial charge >= 0.3 is 0 Å². The Hall–Kier alpha value is -0.340. The molecular weight excluding hydrogens is 298 g/mol. The third kappa shape index (κ3) is 3.82. The molecule has 1 aliphatic rings. The molecule has 0 radical (unpaired) electrons. The highest BCUT2D eigenvalue weighted by Crippen LogP contribution is 2.31. The third-order valence-corrected chi connectivity index (χ3v) is 5.33. The van der Waals surface area contributed by atoms with Gasteiger partial charge in [-0.25, -0.2) is 0 Å².